The minimum atomic E-state index is 0. The van der Waals surface area contributed by atoms with E-state index in [0.717, 1.165) is 38.6 Å². The van der Waals surface area contributed by atoms with Crippen molar-refractivity contribution in [2.24, 2.45) is 4.99 Å². The Hall–Kier alpha value is -1.70. The second kappa shape index (κ2) is 9.70. The van der Waals surface area contributed by atoms with E-state index >= 15 is 0 Å². The molecule has 2 N–H and O–H groups in total. The van der Waals surface area contributed by atoms with E-state index < -0.39 is 0 Å². The number of hydrogen-bond donors (Lipinski definition) is 2. The van der Waals surface area contributed by atoms with Crippen LogP contribution in [-0.4, -0.2) is 43.3 Å². The van der Waals surface area contributed by atoms with Gasteiger partial charge in [0.05, 0.1) is 0 Å². The Kier molecular flexibility index (Phi) is 7.61. The van der Waals surface area contributed by atoms with Gasteiger partial charge in [0.25, 0.3) is 0 Å². The number of benzene rings is 1. The van der Waals surface area contributed by atoms with Crippen molar-refractivity contribution in [1.29, 1.82) is 0 Å². The van der Waals surface area contributed by atoms with Gasteiger partial charge in [0.1, 0.15) is 0 Å². The SMILES string of the molecule is CN=C(NCCN1c2ccccc2CC1C)NCCn1cccc1.I. The minimum absolute atomic E-state index is 0. The smallest absolute Gasteiger partial charge is 0.191 e. The molecular formula is C19H28IN5. The highest BCUT2D eigenvalue weighted by atomic mass is 127. The Morgan fingerprint density at radius 1 is 1.08 bits per heavy atom. The van der Waals surface area contributed by atoms with Crippen molar-refractivity contribution < 1.29 is 0 Å². The van der Waals surface area contributed by atoms with Crippen LogP contribution in [0.5, 0.6) is 0 Å². The monoisotopic (exact) mass is 453 g/mol. The zero-order chi connectivity index (χ0) is 16.8. The summed E-state index contributed by atoms with van der Waals surface area (Å²) in [5.41, 5.74) is 2.83. The molecule has 25 heavy (non-hydrogen) atoms. The van der Waals surface area contributed by atoms with Crippen molar-refractivity contribution in [2.45, 2.75) is 25.9 Å². The average Bonchev–Trinajstić information content (AvgIpc) is 3.21. The molecule has 1 aliphatic rings. The van der Waals surface area contributed by atoms with Gasteiger partial charge in [-0.05, 0) is 37.1 Å². The van der Waals surface area contributed by atoms with Crippen molar-refractivity contribution in [3.8, 4) is 0 Å². The Morgan fingerprint density at radius 3 is 2.48 bits per heavy atom. The van der Waals surface area contributed by atoms with Gasteiger partial charge in [-0.25, -0.2) is 0 Å². The van der Waals surface area contributed by atoms with Crippen LogP contribution in [0.3, 0.4) is 0 Å². The van der Waals surface area contributed by atoms with E-state index in [2.05, 4.69) is 68.7 Å². The fraction of sp³-hybridized carbons (Fsp3) is 0.421. The van der Waals surface area contributed by atoms with E-state index in [1.807, 2.05) is 19.2 Å². The van der Waals surface area contributed by atoms with Gasteiger partial charge in [-0.3, -0.25) is 4.99 Å². The minimum Gasteiger partial charge on any atom is -0.367 e. The molecule has 1 aromatic carbocycles. The number of nitrogens with zero attached hydrogens (tertiary/aromatic N) is 3. The maximum Gasteiger partial charge on any atom is 0.191 e. The topological polar surface area (TPSA) is 44.6 Å². The summed E-state index contributed by atoms with van der Waals surface area (Å²) < 4.78 is 2.16. The first-order chi connectivity index (χ1) is 11.8. The highest BCUT2D eigenvalue weighted by molar-refractivity contribution is 14.0. The van der Waals surface area contributed by atoms with Gasteiger partial charge in [-0.15, -0.1) is 24.0 Å². The summed E-state index contributed by atoms with van der Waals surface area (Å²) in [5.74, 6) is 0.863. The predicted molar refractivity (Wildman–Crippen MR) is 116 cm³/mol. The molecule has 5 nitrogen and oxygen atoms in total. The van der Waals surface area contributed by atoms with Crippen LogP contribution in [0.15, 0.2) is 53.8 Å². The van der Waals surface area contributed by atoms with Crippen molar-refractivity contribution in [3.05, 3.63) is 54.4 Å². The Balaban J connectivity index is 0.00000225. The lowest BCUT2D eigenvalue weighted by Gasteiger charge is -2.25. The van der Waals surface area contributed by atoms with Gasteiger partial charge in [0.15, 0.2) is 5.96 Å². The number of anilines is 1. The van der Waals surface area contributed by atoms with Crippen LogP contribution in [0.4, 0.5) is 5.69 Å². The number of nitrogens with one attached hydrogen (secondary N) is 2. The van der Waals surface area contributed by atoms with Gasteiger partial charge in [0, 0.05) is 57.3 Å². The summed E-state index contributed by atoms with van der Waals surface area (Å²) in [6.07, 6.45) is 5.29. The standard InChI is InChI=1S/C19H27N5.HI/c1-16-15-17-7-3-4-8-18(17)24(16)14-10-22-19(20-2)21-9-13-23-11-5-6-12-23;/h3-8,11-12,16H,9-10,13-15H2,1-2H3,(H2,20,21,22);1H. The largest absolute Gasteiger partial charge is 0.367 e. The Bertz CT molecular complexity index is 668. The molecule has 0 amide bonds. The fourth-order valence-electron chi connectivity index (χ4n) is 3.31. The van der Waals surface area contributed by atoms with Crippen LogP contribution in [0.2, 0.25) is 0 Å². The van der Waals surface area contributed by atoms with Gasteiger partial charge in [-0.1, -0.05) is 18.2 Å². The first kappa shape index (κ1) is 19.6. The van der Waals surface area contributed by atoms with Crippen LogP contribution in [0.1, 0.15) is 12.5 Å². The van der Waals surface area contributed by atoms with Gasteiger partial charge in [0.2, 0.25) is 0 Å². The molecule has 0 radical (unpaired) electrons. The second-order valence-corrected chi connectivity index (χ2v) is 6.22. The first-order valence-corrected chi connectivity index (χ1v) is 8.68. The van der Waals surface area contributed by atoms with Crippen molar-refractivity contribution >= 4 is 35.6 Å². The molecule has 0 aliphatic carbocycles. The molecule has 0 spiro atoms. The average molecular weight is 453 g/mol. The maximum absolute atomic E-state index is 4.30. The van der Waals surface area contributed by atoms with Crippen LogP contribution in [0.25, 0.3) is 0 Å². The lowest BCUT2D eigenvalue weighted by Crippen LogP contribution is -2.43. The molecule has 136 valence electrons. The Labute approximate surface area is 167 Å². The molecule has 6 heteroatoms. The van der Waals surface area contributed by atoms with E-state index in [9.17, 15) is 0 Å². The summed E-state index contributed by atoms with van der Waals surface area (Å²) in [6.45, 7) is 5.95. The Morgan fingerprint density at radius 2 is 1.76 bits per heavy atom. The summed E-state index contributed by atoms with van der Waals surface area (Å²) in [6, 6.07) is 13.4. The number of fused-ring (bicyclic) bond motifs is 1. The van der Waals surface area contributed by atoms with Gasteiger partial charge >= 0.3 is 0 Å². The summed E-state index contributed by atoms with van der Waals surface area (Å²) in [4.78, 5) is 6.78. The second-order valence-electron chi connectivity index (χ2n) is 6.22. The third kappa shape index (κ3) is 5.14. The predicted octanol–water partition coefficient (Wildman–Crippen LogP) is 2.72. The molecule has 0 saturated heterocycles. The van der Waals surface area contributed by atoms with Gasteiger partial charge < -0.3 is 20.1 Å². The van der Waals surface area contributed by atoms with Crippen LogP contribution in [0, 0.1) is 0 Å². The normalized spacial score (nSPS) is 16.3. The van der Waals surface area contributed by atoms with Crippen molar-refractivity contribution in [2.75, 3.05) is 31.6 Å². The third-order valence-corrected chi connectivity index (χ3v) is 4.55. The number of hydrogen-bond acceptors (Lipinski definition) is 2. The number of rotatable bonds is 6. The first-order valence-electron chi connectivity index (χ1n) is 8.68. The molecule has 3 rings (SSSR count). The van der Waals surface area contributed by atoms with E-state index in [1.165, 1.54) is 11.3 Å². The van der Waals surface area contributed by atoms with E-state index in [1.54, 1.807) is 0 Å². The molecule has 0 bridgehead atoms. The van der Waals surface area contributed by atoms with Gasteiger partial charge in [-0.2, -0.15) is 0 Å². The lowest BCUT2D eigenvalue weighted by molar-refractivity contribution is 0.644. The molecule has 0 fully saturated rings. The number of aromatic nitrogens is 1. The molecule has 0 saturated carbocycles. The highest BCUT2D eigenvalue weighted by Gasteiger charge is 2.24. The number of para-hydroxylation sites is 1. The van der Waals surface area contributed by atoms with Crippen LogP contribution in [-0.2, 0) is 13.0 Å². The maximum atomic E-state index is 4.30. The van der Waals surface area contributed by atoms with Crippen LogP contribution < -0.4 is 15.5 Å². The van der Waals surface area contributed by atoms with Crippen molar-refractivity contribution in [1.82, 2.24) is 15.2 Å². The summed E-state index contributed by atoms with van der Waals surface area (Å²) >= 11 is 0. The lowest BCUT2D eigenvalue weighted by atomic mass is 10.1. The summed E-state index contributed by atoms with van der Waals surface area (Å²) in [5, 5.41) is 6.78. The molecule has 1 atom stereocenters. The van der Waals surface area contributed by atoms with E-state index in [4.69, 9.17) is 0 Å². The molecule has 2 aromatic rings. The molecule has 1 aromatic heterocycles. The summed E-state index contributed by atoms with van der Waals surface area (Å²) in [7, 11) is 1.82. The highest BCUT2D eigenvalue weighted by Crippen LogP contribution is 2.31. The quantitative estimate of drug-likeness (QED) is 0.402. The molecule has 1 unspecified atom stereocenters. The zero-order valence-corrected chi connectivity index (χ0v) is 17.3. The number of aliphatic imine (C=N–C) groups is 1. The van der Waals surface area contributed by atoms with Crippen molar-refractivity contribution in [3.63, 3.8) is 0 Å². The molecule has 2 heterocycles. The molecular weight excluding hydrogens is 425 g/mol. The third-order valence-electron chi connectivity index (χ3n) is 4.55. The zero-order valence-electron chi connectivity index (χ0n) is 15.0. The number of guanidine groups is 1. The van der Waals surface area contributed by atoms with Crippen LogP contribution >= 0.6 is 24.0 Å². The van der Waals surface area contributed by atoms with E-state index in [0.29, 0.717) is 6.04 Å². The fourth-order valence-corrected chi connectivity index (χ4v) is 3.31. The molecule has 1 aliphatic heterocycles. The number of halogens is 1. The van der Waals surface area contributed by atoms with E-state index in [-0.39, 0.29) is 24.0 Å².